The fourth-order valence-electron chi connectivity index (χ4n) is 3.24. The van der Waals surface area contributed by atoms with Gasteiger partial charge >= 0.3 is 0 Å². The van der Waals surface area contributed by atoms with Crippen molar-refractivity contribution in [2.45, 2.75) is 6.92 Å². The van der Waals surface area contributed by atoms with Crippen LogP contribution >= 0.6 is 0 Å². The molecule has 0 fully saturated rings. The van der Waals surface area contributed by atoms with Crippen molar-refractivity contribution < 1.29 is 14.0 Å². The standard InChI is InChI=1S/C22H18FN5O2/c1-14-12-15(8-9-16(14)20(24)29)26-21(30)17-13-25-28(19-7-3-2-6-18(19)23)22(17)27-10-4-5-11-27/h2-13H,1H3,(H2,24,29)(H,26,30). The molecule has 0 saturated carbocycles. The monoisotopic (exact) mass is 403 g/mol. The number of hydrogen-bond donors (Lipinski definition) is 2. The van der Waals surface area contributed by atoms with E-state index in [1.807, 2.05) is 0 Å². The third-order valence-corrected chi connectivity index (χ3v) is 4.67. The summed E-state index contributed by atoms with van der Waals surface area (Å²) in [4.78, 5) is 24.4. The molecule has 0 saturated heterocycles. The highest BCUT2D eigenvalue weighted by Crippen LogP contribution is 2.23. The van der Waals surface area contributed by atoms with Gasteiger partial charge in [-0.05, 0) is 55.0 Å². The number of rotatable bonds is 5. The van der Waals surface area contributed by atoms with Gasteiger partial charge in [-0.2, -0.15) is 5.10 Å². The molecule has 2 amide bonds. The second kappa shape index (κ2) is 7.67. The van der Waals surface area contributed by atoms with E-state index < -0.39 is 17.6 Å². The van der Waals surface area contributed by atoms with Crippen LogP contribution in [-0.4, -0.2) is 26.2 Å². The molecule has 0 atom stereocenters. The largest absolute Gasteiger partial charge is 0.366 e. The number of nitrogens with one attached hydrogen (secondary N) is 1. The maximum Gasteiger partial charge on any atom is 0.261 e. The van der Waals surface area contributed by atoms with E-state index in [9.17, 15) is 14.0 Å². The van der Waals surface area contributed by atoms with E-state index in [4.69, 9.17) is 5.73 Å². The van der Waals surface area contributed by atoms with Crippen molar-refractivity contribution in [3.8, 4) is 11.5 Å². The average molecular weight is 403 g/mol. The smallest absolute Gasteiger partial charge is 0.261 e. The molecule has 0 aliphatic heterocycles. The fourth-order valence-corrected chi connectivity index (χ4v) is 3.24. The van der Waals surface area contributed by atoms with Crippen LogP contribution in [0, 0.1) is 12.7 Å². The molecule has 4 aromatic rings. The minimum atomic E-state index is -0.536. The maximum absolute atomic E-state index is 14.4. The first-order valence-electron chi connectivity index (χ1n) is 9.14. The van der Waals surface area contributed by atoms with Crippen LogP contribution in [0.5, 0.6) is 0 Å². The second-order valence-electron chi connectivity index (χ2n) is 6.68. The quantitative estimate of drug-likeness (QED) is 0.534. The Morgan fingerprint density at radius 2 is 1.77 bits per heavy atom. The number of benzene rings is 2. The highest BCUT2D eigenvalue weighted by atomic mass is 19.1. The zero-order chi connectivity index (χ0) is 21.3. The predicted molar refractivity (Wildman–Crippen MR) is 110 cm³/mol. The van der Waals surface area contributed by atoms with Gasteiger partial charge in [-0.1, -0.05) is 12.1 Å². The number of nitrogens with two attached hydrogens (primary N) is 1. The second-order valence-corrected chi connectivity index (χ2v) is 6.68. The molecule has 0 radical (unpaired) electrons. The summed E-state index contributed by atoms with van der Waals surface area (Å²) in [7, 11) is 0. The van der Waals surface area contributed by atoms with Gasteiger partial charge in [-0.25, -0.2) is 9.07 Å². The molecule has 0 bridgehead atoms. The highest BCUT2D eigenvalue weighted by Gasteiger charge is 2.21. The number of aryl methyl sites for hydroxylation is 1. The van der Waals surface area contributed by atoms with Crippen LogP contribution in [0.25, 0.3) is 11.5 Å². The lowest BCUT2D eigenvalue weighted by atomic mass is 10.1. The van der Waals surface area contributed by atoms with Crippen molar-refractivity contribution in [3.63, 3.8) is 0 Å². The number of amides is 2. The summed E-state index contributed by atoms with van der Waals surface area (Å²) in [6.45, 7) is 1.73. The number of primary amides is 1. The van der Waals surface area contributed by atoms with Crippen molar-refractivity contribution in [2.75, 3.05) is 5.32 Å². The van der Waals surface area contributed by atoms with Crippen LogP contribution in [-0.2, 0) is 0 Å². The Kier molecular flexibility index (Phi) is 4.89. The van der Waals surface area contributed by atoms with Gasteiger partial charge in [0.25, 0.3) is 5.91 Å². The van der Waals surface area contributed by atoms with E-state index in [2.05, 4.69) is 10.4 Å². The molecule has 0 aliphatic rings. The lowest BCUT2D eigenvalue weighted by Gasteiger charge is -2.12. The number of para-hydroxylation sites is 1. The van der Waals surface area contributed by atoms with Crippen LogP contribution in [0.15, 0.2) is 73.2 Å². The van der Waals surface area contributed by atoms with Crippen molar-refractivity contribution >= 4 is 17.5 Å². The van der Waals surface area contributed by atoms with Crippen LogP contribution < -0.4 is 11.1 Å². The molecule has 2 heterocycles. The molecule has 150 valence electrons. The third kappa shape index (κ3) is 3.46. The van der Waals surface area contributed by atoms with Crippen molar-refractivity contribution in [3.05, 3.63) is 95.7 Å². The van der Waals surface area contributed by atoms with Gasteiger partial charge in [0, 0.05) is 23.6 Å². The number of carbonyl (C=O) groups excluding carboxylic acids is 2. The zero-order valence-electron chi connectivity index (χ0n) is 16.0. The third-order valence-electron chi connectivity index (χ3n) is 4.67. The van der Waals surface area contributed by atoms with E-state index in [0.717, 1.165) is 0 Å². The summed E-state index contributed by atoms with van der Waals surface area (Å²) in [6, 6.07) is 14.6. The molecule has 2 aromatic carbocycles. The Hall–Kier alpha value is -4.20. The molecule has 7 nitrogen and oxygen atoms in total. The number of nitrogens with zero attached hydrogens (tertiary/aromatic N) is 3. The summed E-state index contributed by atoms with van der Waals surface area (Å²) < 4.78 is 17.5. The van der Waals surface area contributed by atoms with Crippen molar-refractivity contribution in [1.29, 1.82) is 0 Å². The number of halogens is 1. The molecular weight excluding hydrogens is 385 g/mol. The number of hydrogen-bond acceptors (Lipinski definition) is 3. The summed E-state index contributed by atoms with van der Waals surface area (Å²) in [5.74, 6) is -1.02. The number of carbonyl (C=O) groups is 2. The van der Waals surface area contributed by atoms with Crippen LogP contribution in [0.1, 0.15) is 26.3 Å². The van der Waals surface area contributed by atoms with Crippen LogP contribution in [0.3, 0.4) is 0 Å². The highest BCUT2D eigenvalue weighted by molar-refractivity contribution is 6.06. The molecule has 0 aliphatic carbocycles. The minimum Gasteiger partial charge on any atom is -0.366 e. The van der Waals surface area contributed by atoms with E-state index in [-0.39, 0.29) is 11.3 Å². The molecule has 0 spiro atoms. The molecule has 3 N–H and O–H groups in total. The van der Waals surface area contributed by atoms with Gasteiger partial charge in [-0.3, -0.25) is 9.59 Å². The van der Waals surface area contributed by atoms with Crippen molar-refractivity contribution in [2.24, 2.45) is 5.73 Å². The average Bonchev–Trinajstić information content (AvgIpc) is 3.37. The van der Waals surface area contributed by atoms with Gasteiger partial charge in [0.15, 0.2) is 5.82 Å². The molecular formula is C22H18FN5O2. The Morgan fingerprint density at radius 3 is 2.43 bits per heavy atom. The first-order valence-corrected chi connectivity index (χ1v) is 9.14. The van der Waals surface area contributed by atoms with Gasteiger partial charge < -0.3 is 15.6 Å². The van der Waals surface area contributed by atoms with E-state index in [0.29, 0.717) is 22.6 Å². The number of anilines is 1. The lowest BCUT2D eigenvalue weighted by molar-refractivity contribution is 0.0997. The SMILES string of the molecule is Cc1cc(NC(=O)c2cnn(-c3ccccc3F)c2-n2cccc2)ccc1C(N)=O. The minimum absolute atomic E-state index is 0.224. The Labute approximate surface area is 171 Å². The summed E-state index contributed by atoms with van der Waals surface area (Å²) >= 11 is 0. The fraction of sp³-hybridized carbons (Fsp3) is 0.0455. The predicted octanol–water partition coefficient (Wildman–Crippen LogP) is 3.46. The summed E-state index contributed by atoms with van der Waals surface area (Å²) in [5, 5.41) is 7.05. The summed E-state index contributed by atoms with van der Waals surface area (Å²) in [5.41, 5.74) is 7.34. The van der Waals surface area contributed by atoms with Crippen LogP contribution in [0.4, 0.5) is 10.1 Å². The summed E-state index contributed by atoms with van der Waals surface area (Å²) in [6.07, 6.45) is 4.88. The molecule has 4 rings (SSSR count). The van der Waals surface area contributed by atoms with Crippen molar-refractivity contribution in [1.82, 2.24) is 14.3 Å². The number of aromatic nitrogens is 3. The van der Waals surface area contributed by atoms with Gasteiger partial charge in [0.1, 0.15) is 17.1 Å². The maximum atomic E-state index is 14.4. The molecule has 8 heteroatoms. The molecule has 0 unspecified atom stereocenters. The first kappa shape index (κ1) is 19.1. The first-order chi connectivity index (χ1) is 14.5. The molecule has 2 aromatic heterocycles. The van der Waals surface area contributed by atoms with Gasteiger partial charge in [0.05, 0.1) is 6.20 Å². The van der Waals surface area contributed by atoms with E-state index in [1.165, 1.54) is 16.9 Å². The van der Waals surface area contributed by atoms with Crippen LogP contribution in [0.2, 0.25) is 0 Å². The lowest BCUT2D eigenvalue weighted by Crippen LogP contribution is -2.16. The van der Waals surface area contributed by atoms with Gasteiger partial charge in [0.2, 0.25) is 5.91 Å². The normalized spacial score (nSPS) is 10.7. The van der Waals surface area contributed by atoms with E-state index in [1.54, 1.807) is 72.4 Å². The Bertz CT molecular complexity index is 1240. The zero-order valence-corrected chi connectivity index (χ0v) is 16.0. The van der Waals surface area contributed by atoms with E-state index >= 15 is 0 Å². The van der Waals surface area contributed by atoms with Gasteiger partial charge in [-0.15, -0.1) is 0 Å². The Balaban J connectivity index is 1.74. The topological polar surface area (TPSA) is 94.9 Å². The molecule has 30 heavy (non-hydrogen) atoms. The Morgan fingerprint density at radius 1 is 1.03 bits per heavy atom.